The number of nitrogens with zero attached hydrogens (tertiary/aromatic N) is 1. The zero-order valence-corrected chi connectivity index (χ0v) is 12.7. The first kappa shape index (κ1) is 15.2. The van der Waals surface area contributed by atoms with E-state index in [-0.39, 0.29) is 12.4 Å². The van der Waals surface area contributed by atoms with Gasteiger partial charge in [0.25, 0.3) is 0 Å². The Morgan fingerprint density at radius 3 is 2.56 bits per heavy atom. The van der Waals surface area contributed by atoms with Crippen LogP contribution in [0.15, 0.2) is 22.7 Å². The molecule has 0 amide bonds. The zero-order chi connectivity index (χ0) is 13.7. The molecule has 0 saturated carbocycles. The molecular formula is C14H20BrNO2. The Balaban J connectivity index is 2.99. The van der Waals surface area contributed by atoms with Gasteiger partial charge in [0.05, 0.1) is 0 Å². The number of halogens is 1. The van der Waals surface area contributed by atoms with E-state index in [1.807, 2.05) is 18.2 Å². The van der Waals surface area contributed by atoms with E-state index in [1.54, 1.807) is 6.92 Å². The van der Waals surface area contributed by atoms with Crippen molar-refractivity contribution in [2.75, 3.05) is 18.1 Å². The summed E-state index contributed by atoms with van der Waals surface area (Å²) in [5.74, 6) is 0.0554. The first-order valence-electron chi connectivity index (χ1n) is 6.15. The van der Waals surface area contributed by atoms with Crippen molar-refractivity contribution in [2.24, 2.45) is 0 Å². The van der Waals surface area contributed by atoms with E-state index in [0.29, 0.717) is 11.6 Å². The number of Topliss-reactive ketones (excluding diaryl/α,β-unsaturated/α-hetero) is 1. The number of carbonyl (C=O) groups excluding carboxylic acids is 1. The summed E-state index contributed by atoms with van der Waals surface area (Å²) in [6.45, 7) is 6.79. The molecule has 18 heavy (non-hydrogen) atoms. The number of rotatable bonds is 6. The van der Waals surface area contributed by atoms with Crippen LogP contribution in [-0.2, 0) is 0 Å². The second-order valence-corrected chi connectivity index (χ2v) is 5.44. The number of hydrogen-bond acceptors (Lipinski definition) is 3. The summed E-state index contributed by atoms with van der Waals surface area (Å²) >= 11 is 3.44. The fourth-order valence-corrected chi connectivity index (χ4v) is 2.54. The SMILES string of the molecule is CC(=O)c1ccc(N(CCCO)C(C)C)cc1Br. The first-order valence-corrected chi connectivity index (χ1v) is 6.94. The molecule has 1 aromatic rings. The van der Waals surface area contributed by atoms with Gasteiger partial charge in [0, 0.05) is 34.9 Å². The van der Waals surface area contributed by atoms with Gasteiger partial charge in [0.15, 0.2) is 5.78 Å². The Morgan fingerprint density at radius 2 is 2.11 bits per heavy atom. The van der Waals surface area contributed by atoms with Crippen LogP contribution in [-0.4, -0.2) is 30.1 Å². The summed E-state index contributed by atoms with van der Waals surface area (Å²) in [5.41, 5.74) is 1.76. The van der Waals surface area contributed by atoms with Crippen LogP contribution >= 0.6 is 15.9 Å². The summed E-state index contributed by atoms with van der Waals surface area (Å²) < 4.78 is 0.821. The average molecular weight is 314 g/mol. The third kappa shape index (κ3) is 3.82. The summed E-state index contributed by atoms with van der Waals surface area (Å²) in [6, 6.07) is 6.12. The molecule has 0 aromatic heterocycles. The summed E-state index contributed by atoms with van der Waals surface area (Å²) in [5, 5.41) is 8.93. The van der Waals surface area contributed by atoms with Gasteiger partial charge in [0.2, 0.25) is 0 Å². The minimum atomic E-state index is 0.0554. The molecule has 0 atom stereocenters. The number of hydrogen-bond donors (Lipinski definition) is 1. The van der Waals surface area contributed by atoms with Crippen LogP contribution in [0, 0.1) is 0 Å². The number of aliphatic hydroxyl groups is 1. The van der Waals surface area contributed by atoms with Crippen molar-refractivity contribution in [1.82, 2.24) is 0 Å². The van der Waals surface area contributed by atoms with Gasteiger partial charge < -0.3 is 10.0 Å². The third-order valence-corrected chi connectivity index (χ3v) is 3.50. The Labute approximate surface area is 117 Å². The molecule has 0 fully saturated rings. The van der Waals surface area contributed by atoms with E-state index >= 15 is 0 Å². The van der Waals surface area contributed by atoms with Crippen molar-refractivity contribution in [3.63, 3.8) is 0 Å². The minimum Gasteiger partial charge on any atom is -0.396 e. The topological polar surface area (TPSA) is 40.5 Å². The molecule has 4 heteroatoms. The molecule has 0 aliphatic carbocycles. The minimum absolute atomic E-state index is 0.0554. The van der Waals surface area contributed by atoms with Crippen LogP contribution in [0.25, 0.3) is 0 Å². The van der Waals surface area contributed by atoms with Crippen LogP contribution in [0.4, 0.5) is 5.69 Å². The maximum Gasteiger partial charge on any atom is 0.160 e. The molecule has 0 aliphatic rings. The predicted molar refractivity (Wildman–Crippen MR) is 78.3 cm³/mol. The summed E-state index contributed by atoms with van der Waals surface area (Å²) in [4.78, 5) is 13.6. The first-order chi connectivity index (χ1) is 8.47. The van der Waals surface area contributed by atoms with E-state index < -0.39 is 0 Å². The number of aliphatic hydroxyl groups excluding tert-OH is 1. The lowest BCUT2D eigenvalue weighted by atomic mass is 10.1. The van der Waals surface area contributed by atoms with Crippen LogP contribution in [0.1, 0.15) is 37.6 Å². The molecular weight excluding hydrogens is 294 g/mol. The quantitative estimate of drug-likeness (QED) is 0.820. The van der Waals surface area contributed by atoms with Gasteiger partial charge in [-0.15, -0.1) is 0 Å². The molecule has 1 aromatic carbocycles. The number of carbonyl (C=O) groups is 1. The molecule has 3 nitrogen and oxygen atoms in total. The highest BCUT2D eigenvalue weighted by molar-refractivity contribution is 9.10. The Bertz CT molecular complexity index is 418. The molecule has 0 spiro atoms. The molecule has 0 aliphatic heterocycles. The predicted octanol–water partition coefficient (Wildman–Crippen LogP) is 3.25. The van der Waals surface area contributed by atoms with Crippen molar-refractivity contribution >= 4 is 27.4 Å². The molecule has 0 heterocycles. The molecule has 100 valence electrons. The van der Waals surface area contributed by atoms with Gasteiger partial charge in [0.1, 0.15) is 0 Å². The molecule has 1 N–H and O–H groups in total. The van der Waals surface area contributed by atoms with Crippen molar-refractivity contribution in [2.45, 2.75) is 33.2 Å². The van der Waals surface area contributed by atoms with E-state index in [1.165, 1.54) is 0 Å². The number of anilines is 1. The lowest BCUT2D eigenvalue weighted by molar-refractivity contribution is 0.101. The highest BCUT2D eigenvalue weighted by Crippen LogP contribution is 2.26. The lowest BCUT2D eigenvalue weighted by Gasteiger charge is -2.29. The van der Waals surface area contributed by atoms with Gasteiger partial charge in [-0.2, -0.15) is 0 Å². The van der Waals surface area contributed by atoms with E-state index in [2.05, 4.69) is 34.7 Å². The van der Waals surface area contributed by atoms with Gasteiger partial charge >= 0.3 is 0 Å². The van der Waals surface area contributed by atoms with Gasteiger partial charge in [-0.1, -0.05) is 0 Å². The van der Waals surface area contributed by atoms with Crippen LogP contribution < -0.4 is 4.90 Å². The fourth-order valence-electron chi connectivity index (χ4n) is 1.89. The highest BCUT2D eigenvalue weighted by Gasteiger charge is 2.13. The Hall–Kier alpha value is -0.870. The van der Waals surface area contributed by atoms with Crippen molar-refractivity contribution in [3.05, 3.63) is 28.2 Å². The molecule has 0 unspecified atom stereocenters. The second kappa shape index (κ2) is 6.90. The Kier molecular flexibility index (Phi) is 5.82. The normalized spacial score (nSPS) is 10.8. The highest BCUT2D eigenvalue weighted by atomic mass is 79.9. The van der Waals surface area contributed by atoms with Gasteiger partial charge in [-0.05, 0) is 61.3 Å². The molecule has 0 radical (unpaired) electrons. The second-order valence-electron chi connectivity index (χ2n) is 4.58. The standard InChI is InChI=1S/C14H20BrNO2/c1-10(2)16(7-4-8-17)12-5-6-13(11(3)18)14(15)9-12/h5-6,9-10,17H,4,7-8H2,1-3H3. The fraction of sp³-hybridized carbons (Fsp3) is 0.500. The van der Waals surface area contributed by atoms with E-state index in [4.69, 9.17) is 5.11 Å². The lowest BCUT2D eigenvalue weighted by Crippen LogP contribution is -2.32. The average Bonchev–Trinajstić information content (AvgIpc) is 2.28. The van der Waals surface area contributed by atoms with Crippen molar-refractivity contribution < 1.29 is 9.90 Å². The molecule has 1 rings (SSSR count). The molecule has 0 saturated heterocycles. The maximum absolute atomic E-state index is 11.4. The largest absolute Gasteiger partial charge is 0.396 e. The third-order valence-electron chi connectivity index (χ3n) is 2.84. The van der Waals surface area contributed by atoms with Gasteiger partial charge in [-0.25, -0.2) is 0 Å². The molecule has 0 bridgehead atoms. The summed E-state index contributed by atoms with van der Waals surface area (Å²) in [7, 11) is 0. The summed E-state index contributed by atoms with van der Waals surface area (Å²) in [6.07, 6.45) is 0.740. The van der Waals surface area contributed by atoms with Gasteiger partial charge in [-0.3, -0.25) is 4.79 Å². The van der Waals surface area contributed by atoms with E-state index in [0.717, 1.165) is 23.1 Å². The monoisotopic (exact) mass is 313 g/mol. The number of ketones is 1. The van der Waals surface area contributed by atoms with E-state index in [9.17, 15) is 4.79 Å². The Morgan fingerprint density at radius 1 is 1.44 bits per heavy atom. The smallest absolute Gasteiger partial charge is 0.160 e. The van der Waals surface area contributed by atoms with Crippen molar-refractivity contribution in [3.8, 4) is 0 Å². The van der Waals surface area contributed by atoms with Crippen molar-refractivity contribution in [1.29, 1.82) is 0 Å². The van der Waals surface area contributed by atoms with Crippen LogP contribution in [0.2, 0.25) is 0 Å². The van der Waals surface area contributed by atoms with Crippen LogP contribution in [0.5, 0.6) is 0 Å². The number of benzene rings is 1. The maximum atomic E-state index is 11.4. The zero-order valence-electron chi connectivity index (χ0n) is 11.1. The van der Waals surface area contributed by atoms with Crippen LogP contribution in [0.3, 0.4) is 0 Å².